The van der Waals surface area contributed by atoms with Crippen LogP contribution < -0.4 is 0 Å². The largest absolute Gasteiger partial charge is 0.362 e. The minimum atomic E-state index is -0.0113. The van der Waals surface area contributed by atoms with Crippen LogP contribution in [0, 0.1) is 0 Å². The molecule has 9 heteroatoms. The Balaban J connectivity index is 0.000000138. The van der Waals surface area contributed by atoms with E-state index >= 15 is 0 Å². The van der Waals surface area contributed by atoms with E-state index in [4.69, 9.17) is 22.9 Å². The number of pyridine rings is 1. The maximum Gasteiger partial charge on any atom is 0.169 e. The molecule has 0 bridgehead atoms. The van der Waals surface area contributed by atoms with Crippen LogP contribution in [0.1, 0.15) is 151 Å². The molecule has 0 spiro atoms. The molecule has 8 nitrogen and oxygen atoms in total. The van der Waals surface area contributed by atoms with Gasteiger partial charge in [0.05, 0.1) is 11.1 Å². The molecule has 5 saturated carbocycles. The lowest BCUT2D eigenvalue weighted by Crippen LogP contribution is -2.52. The first kappa shape index (κ1) is 28.1. The van der Waals surface area contributed by atoms with Crippen LogP contribution in [0.15, 0.2) is 36.7 Å². The van der Waals surface area contributed by atoms with E-state index in [2.05, 4.69) is 69.9 Å². The van der Waals surface area contributed by atoms with E-state index in [9.17, 15) is 0 Å². The first-order valence-corrected chi connectivity index (χ1v) is 16.8. The molecule has 5 aliphatic rings. The van der Waals surface area contributed by atoms with Crippen LogP contribution in [0.2, 0.25) is 0 Å². The van der Waals surface area contributed by atoms with Crippen molar-refractivity contribution >= 4 is 12.8 Å². The van der Waals surface area contributed by atoms with Gasteiger partial charge in [-0.2, -0.15) is 0 Å². The minimum absolute atomic E-state index is 0.00396. The predicted molar refractivity (Wildman–Crippen MR) is 167 cm³/mol. The Morgan fingerprint density at radius 2 is 1.52 bits per heavy atom. The maximum atomic E-state index is 4.74. The summed E-state index contributed by atoms with van der Waals surface area (Å²) in [4.78, 5) is 7.15. The summed E-state index contributed by atoms with van der Waals surface area (Å²) < 4.78 is 4.49. The highest BCUT2D eigenvalue weighted by atomic mass is 32.1. The second-order valence-electron chi connectivity index (χ2n) is 13.6. The van der Waals surface area contributed by atoms with E-state index in [1.54, 1.807) is 0 Å². The van der Waals surface area contributed by atoms with E-state index in [-0.39, 0.29) is 11.0 Å². The van der Waals surface area contributed by atoms with Gasteiger partial charge in [-0.05, 0) is 110 Å². The molecule has 5 fully saturated rings. The normalized spacial score (nSPS) is 22.7. The summed E-state index contributed by atoms with van der Waals surface area (Å²) in [5, 5.41) is 18.3. The summed E-state index contributed by atoms with van der Waals surface area (Å²) in [6, 6.07) is 7.41. The van der Waals surface area contributed by atoms with Crippen molar-refractivity contribution in [3.8, 4) is 0 Å². The van der Waals surface area contributed by atoms with Gasteiger partial charge in [-0.25, -0.2) is 0 Å². The fraction of sp³-hybridized carbons (Fsp3) is 0.667. The van der Waals surface area contributed by atoms with E-state index < -0.39 is 0 Å². The Morgan fingerprint density at radius 1 is 0.857 bits per heavy atom. The Labute approximate surface area is 256 Å². The molecular formula is C33H46N8S. The molecule has 0 aromatic carbocycles. The topological polar surface area (TPSA) is 77.5 Å². The van der Waals surface area contributed by atoms with Crippen molar-refractivity contribution in [3.63, 3.8) is 0 Å². The van der Waals surface area contributed by atoms with Crippen molar-refractivity contribution in [1.82, 2.24) is 38.8 Å². The zero-order valence-corrected chi connectivity index (χ0v) is 26.4. The lowest BCUT2D eigenvalue weighted by molar-refractivity contribution is 0.0214. The van der Waals surface area contributed by atoms with Crippen molar-refractivity contribution < 1.29 is 0 Å². The van der Waals surface area contributed by atoms with E-state index in [0.717, 1.165) is 24.5 Å². The third-order valence-corrected chi connectivity index (χ3v) is 10.6. The molecular weight excluding hydrogens is 540 g/mol. The van der Waals surface area contributed by atoms with Gasteiger partial charge in [0.2, 0.25) is 0 Å². The van der Waals surface area contributed by atoms with E-state index in [1.807, 2.05) is 16.2 Å². The molecule has 0 amide bonds. The molecule has 224 valence electrons. The van der Waals surface area contributed by atoms with Gasteiger partial charge in [-0.1, -0.05) is 37.8 Å². The summed E-state index contributed by atoms with van der Waals surface area (Å²) in [6.45, 7) is 6.55. The van der Waals surface area contributed by atoms with Crippen LogP contribution >= 0.6 is 12.8 Å². The lowest BCUT2D eigenvalue weighted by Gasteiger charge is -2.50. The van der Waals surface area contributed by atoms with Crippen LogP contribution in [0.5, 0.6) is 0 Å². The lowest BCUT2D eigenvalue weighted by atomic mass is 9.74. The first-order chi connectivity index (χ1) is 20.5. The first-order valence-electron chi connectivity index (χ1n) is 16.4. The van der Waals surface area contributed by atoms with Crippen LogP contribution in [0.3, 0.4) is 0 Å². The number of hydrogen-bond acceptors (Lipinski definition) is 7. The SMILES string of the molecule is C/C=C\N(C(C)C)C1(c2nnc(C3CC3)n2S)CCC1.c1ccc(C2(c3nnc(C4CC4)n3C3CC3)CCCC2)nc1. The van der Waals surface area contributed by atoms with Crippen molar-refractivity contribution in [1.29, 1.82) is 0 Å². The Bertz CT molecular complexity index is 1400. The number of aromatic nitrogens is 7. The average Bonchev–Trinajstić information content (AvgIpc) is 3.94. The highest BCUT2D eigenvalue weighted by Gasteiger charge is 2.49. The van der Waals surface area contributed by atoms with Gasteiger partial charge in [-0.3, -0.25) is 8.96 Å². The fourth-order valence-electron chi connectivity index (χ4n) is 7.42. The monoisotopic (exact) mass is 586 g/mol. The molecule has 0 N–H and O–H groups in total. The third-order valence-electron chi connectivity index (χ3n) is 10.2. The Hall–Kier alpha value is -2.68. The molecule has 0 unspecified atom stereocenters. The quantitative estimate of drug-likeness (QED) is 0.267. The molecule has 3 aromatic heterocycles. The summed E-state index contributed by atoms with van der Waals surface area (Å²) in [6.07, 6.45) is 22.3. The second-order valence-corrected chi connectivity index (χ2v) is 14.0. The predicted octanol–water partition coefficient (Wildman–Crippen LogP) is 7.22. The Kier molecular flexibility index (Phi) is 7.43. The number of allylic oxidation sites excluding steroid dienone is 1. The van der Waals surface area contributed by atoms with Crippen LogP contribution in [-0.4, -0.2) is 44.9 Å². The number of hydrogen-bond donors (Lipinski definition) is 1. The van der Waals surface area contributed by atoms with Crippen LogP contribution in [0.4, 0.5) is 0 Å². The highest BCUT2D eigenvalue weighted by molar-refractivity contribution is 7.78. The molecule has 0 aliphatic heterocycles. The maximum absolute atomic E-state index is 4.74. The van der Waals surface area contributed by atoms with Crippen molar-refractivity contribution in [2.24, 2.45) is 0 Å². The molecule has 5 aliphatic carbocycles. The van der Waals surface area contributed by atoms with Gasteiger partial charge >= 0.3 is 0 Å². The van der Waals surface area contributed by atoms with E-state index in [1.165, 1.54) is 88.0 Å². The molecule has 42 heavy (non-hydrogen) atoms. The molecule has 0 radical (unpaired) electrons. The third kappa shape index (κ3) is 4.89. The molecule has 3 aromatic rings. The highest BCUT2D eigenvalue weighted by Crippen LogP contribution is 2.51. The van der Waals surface area contributed by atoms with Gasteiger partial charge in [-0.15, -0.1) is 20.4 Å². The summed E-state index contributed by atoms with van der Waals surface area (Å²) in [5.74, 6) is 5.82. The second kappa shape index (κ2) is 11.1. The van der Waals surface area contributed by atoms with Gasteiger partial charge < -0.3 is 9.47 Å². The average molecular weight is 587 g/mol. The minimum Gasteiger partial charge on any atom is -0.362 e. The zero-order chi connectivity index (χ0) is 28.9. The summed E-state index contributed by atoms with van der Waals surface area (Å²) >= 11 is 4.70. The zero-order valence-electron chi connectivity index (χ0n) is 25.5. The summed E-state index contributed by atoms with van der Waals surface area (Å²) in [5.41, 5.74) is 1.19. The fourth-order valence-corrected chi connectivity index (χ4v) is 7.85. The van der Waals surface area contributed by atoms with Gasteiger partial charge in [0.1, 0.15) is 23.0 Å². The number of rotatable bonds is 9. The smallest absolute Gasteiger partial charge is 0.169 e. The van der Waals surface area contributed by atoms with Gasteiger partial charge in [0, 0.05) is 30.1 Å². The van der Waals surface area contributed by atoms with Crippen LogP contribution in [0.25, 0.3) is 0 Å². The number of thiol groups is 1. The number of nitrogens with zero attached hydrogens (tertiary/aromatic N) is 8. The summed E-state index contributed by atoms with van der Waals surface area (Å²) in [7, 11) is 0. The molecule has 0 saturated heterocycles. The van der Waals surface area contributed by atoms with Crippen molar-refractivity contribution in [2.45, 2.75) is 139 Å². The molecule has 8 rings (SSSR count). The van der Waals surface area contributed by atoms with Gasteiger partial charge in [0.15, 0.2) is 5.82 Å². The van der Waals surface area contributed by atoms with Gasteiger partial charge in [0.25, 0.3) is 0 Å². The van der Waals surface area contributed by atoms with Crippen LogP contribution in [-0.2, 0) is 11.0 Å². The van der Waals surface area contributed by atoms with E-state index in [0.29, 0.717) is 23.9 Å². The Morgan fingerprint density at radius 3 is 2.07 bits per heavy atom. The van der Waals surface area contributed by atoms with Crippen molar-refractivity contribution in [3.05, 3.63) is 65.7 Å². The standard InChI is InChI=1S/C18H22N4.C15H24N4S/c1-4-12-19-15(5-1)18(10-2-3-11-18)17-21-20-16(13-6-7-13)22(17)14-8-9-14;1-4-10-18(11(2)3)15(8-5-9-15)14-17-16-13(19(14)20)12-6-7-12/h1,4-5,12-14H,2-3,6-11H2;4,10-12,20H,5-9H2,1-3H3/b;10-4-. The molecule has 0 atom stereocenters. The van der Waals surface area contributed by atoms with Crippen molar-refractivity contribution in [2.75, 3.05) is 0 Å². The molecule has 3 heterocycles.